The minimum atomic E-state index is 0.0422. The molecule has 2 N–H and O–H groups in total. The largest absolute Gasteiger partial charge is 0.490 e. The fraction of sp³-hybridized carbons (Fsp3) is 0.379. The van der Waals surface area contributed by atoms with Crippen molar-refractivity contribution in [3.63, 3.8) is 0 Å². The average Bonchev–Trinajstić information content (AvgIpc) is 2.88. The number of nitriles is 1. The highest BCUT2D eigenvalue weighted by Gasteiger charge is 2.21. The Morgan fingerprint density at radius 1 is 1.00 bits per heavy atom. The normalized spacial score (nSPS) is 14.2. The lowest BCUT2D eigenvalue weighted by Crippen LogP contribution is -2.46. The van der Waals surface area contributed by atoms with Gasteiger partial charge in [-0.3, -0.25) is 9.88 Å². The maximum absolute atomic E-state index is 9.75. The zero-order valence-corrected chi connectivity index (χ0v) is 20.8. The molecule has 2 aromatic carbocycles. The Hall–Kier alpha value is -3.56. The van der Waals surface area contributed by atoms with E-state index >= 15 is 0 Å². The molecule has 1 aliphatic heterocycles. The van der Waals surface area contributed by atoms with Crippen molar-refractivity contribution >= 4 is 11.4 Å². The van der Waals surface area contributed by atoms with Crippen LogP contribution in [-0.4, -0.2) is 48.7 Å². The lowest BCUT2D eigenvalue weighted by Gasteiger charge is -2.36. The SMILES string of the molecule is CC(C)Oc1cccc(N2CCN(CCCCc3nccc(-c4ccccc4)c3N)CC2)c1C#N. The second kappa shape index (κ2) is 11.7. The van der Waals surface area contributed by atoms with E-state index < -0.39 is 0 Å². The van der Waals surface area contributed by atoms with E-state index in [-0.39, 0.29) is 6.10 Å². The number of anilines is 2. The smallest absolute Gasteiger partial charge is 0.139 e. The number of pyridine rings is 1. The summed E-state index contributed by atoms with van der Waals surface area (Å²) in [5.41, 5.74) is 12.1. The summed E-state index contributed by atoms with van der Waals surface area (Å²) in [6.45, 7) is 8.83. The Balaban J connectivity index is 1.27. The van der Waals surface area contributed by atoms with E-state index in [0.29, 0.717) is 11.3 Å². The second-order valence-corrected chi connectivity index (χ2v) is 9.30. The number of unbranched alkanes of at least 4 members (excludes halogenated alkanes) is 1. The molecule has 35 heavy (non-hydrogen) atoms. The molecule has 0 saturated carbocycles. The Kier molecular flexibility index (Phi) is 8.23. The summed E-state index contributed by atoms with van der Waals surface area (Å²) in [5.74, 6) is 0.673. The van der Waals surface area contributed by atoms with Crippen LogP contribution in [0.1, 0.15) is 37.9 Å². The van der Waals surface area contributed by atoms with E-state index in [1.54, 1.807) is 0 Å². The molecule has 0 aliphatic carbocycles. The fourth-order valence-corrected chi connectivity index (χ4v) is 4.67. The number of rotatable bonds is 9. The number of piperazine rings is 1. The number of aromatic nitrogens is 1. The van der Waals surface area contributed by atoms with Crippen molar-refractivity contribution in [1.29, 1.82) is 5.26 Å². The van der Waals surface area contributed by atoms with E-state index in [1.165, 1.54) is 0 Å². The molecule has 0 radical (unpaired) electrons. The van der Waals surface area contributed by atoms with Crippen molar-refractivity contribution in [2.45, 2.75) is 39.2 Å². The second-order valence-electron chi connectivity index (χ2n) is 9.30. The zero-order valence-electron chi connectivity index (χ0n) is 20.8. The van der Waals surface area contributed by atoms with Crippen LogP contribution in [0.15, 0.2) is 60.8 Å². The number of benzene rings is 2. The number of hydrogen-bond donors (Lipinski definition) is 1. The first-order valence-corrected chi connectivity index (χ1v) is 12.5. The fourth-order valence-electron chi connectivity index (χ4n) is 4.67. The molecule has 3 aromatic rings. The van der Waals surface area contributed by atoms with Crippen LogP contribution in [0, 0.1) is 11.3 Å². The van der Waals surface area contributed by atoms with Crippen molar-refractivity contribution < 1.29 is 4.74 Å². The number of nitrogens with zero attached hydrogens (tertiary/aromatic N) is 4. The van der Waals surface area contributed by atoms with Crippen LogP contribution in [0.3, 0.4) is 0 Å². The van der Waals surface area contributed by atoms with Gasteiger partial charge >= 0.3 is 0 Å². The zero-order chi connectivity index (χ0) is 24.6. The summed E-state index contributed by atoms with van der Waals surface area (Å²) in [5, 5.41) is 9.75. The number of ether oxygens (including phenoxy) is 1. The van der Waals surface area contributed by atoms with Gasteiger partial charge in [0.15, 0.2) is 0 Å². The van der Waals surface area contributed by atoms with Crippen molar-refractivity contribution in [3.05, 3.63) is 72.1 Å². The molecule has 0 unspecified atom stereocenters. The third-order valence-electron chi connectivity index (χ3n) is 6.49. The molecule has 1 aromatic heterocycles. The summed E-state index contributed by atoms with van der Waals surface area (Å²) in [4.78, 5) is 9.37. The summed E-state index contributed by atoms with van der Waals surface area (Å²) >= 11 is 0. The first-order chi connectivity index (χ1) is 17.1. The quantitative estimate of drug-likeness (QED) is 0.438. The monoisotopic (exact) mass is 469 g/mol. The van der Waals surface area contributed by atoms with Gasteiger partial charge in [0.2, 0.25) is 0 Å². The molecule has 1 fully saturated rings. The third-order valence-corrected chi connectivity index (χ3v) is 6.49. The molecule has 4 rings (SSSR count). The van der Waals surface area contributed by atoms with Crippen LogP contribution < -0.4 is 15.4 Å². The van der Waals surface area contributed by atoms with Crippen molar-refractivity contribution in [2.75, 3.05) is 43.4 Å². The predicted octanol–water partition coefficient (Wildman–Crippen LogP) is 5.13. The molecule has 6 heteroatoms. The number of nitrogen functional groups attached to an aromatic ring is 1. The third kappa shape index (κ3) is 6.12. The highest BCUT2D eigenvalue weighted by molar-refractivity contribution is 5.77. The van der Waals surface area contributed by atoms with Crippen LogP contribution in [0.2, 0.25) is 0 Å². The molecule has 0 bridgehead atoms. The van der Waals surface area contributed by atoms with Crippen LogP contribution in [0.4, 0.5) is 11.4 Å². The van der Waals surface area contributed by atoms with Gasteiger partial charge < -0.3 is 15.4 Å². The number of nitrogens with two attached hydrogens (primary N) is 1. The molecule has 1 saturated heterocycles. The van der Waals surface area contributed by atoms with Gasteiger partial charge in [-0.05, 0) is 63.4 Å². The van der Waals surface area contributed by atoms with Gasteiger partial charge in [-0.15, -0.1) is 0 Å². The van der Waals surface area contributed by atoms with E-state index in [1.807, 2.05) is 62.5 Å². The van der Waals surface area contributed by atoms with Gasteiger partial charge in [0.1, 0.15) is 17.4 Å². The van der Waals surface area contributed by atoms with E-state index in [0.717, 1.165) is 80.2 Å². The molecule has 6 nitrogen and oxygen atoms in total. The summed E-state index contributed by atoms with van der Waals surface area (Å²) in [6.07, 6.45) is 4.96. The van der Waals surface area contributed by atoms with Crippen molar-refractivity contribution in [2.24, 2.45) is 0 Å². The number of hydrogen-bond acceptors (Lipinski definition) is 6. The van der Waals surface area contributed by atoms with Crippen molar-refractivity contribution in [3.8, 4) is 22.9 Å². The standard InChI is InChI=1S/C29H35N5O/c1-22(2)35-28-13-8-12-27(25(28)21-30)34-19-17-33(18-20-34)16-7-6-11-26-29(31)24(14-15-32-26)23-9-4-3-5-10-23/h3-5,8-10,12-15,22H,6-7,11,16-20,31H2,1-2H3. The molecule has 0 atom stereocenters. The maximum Gasteiger partial charge on any atom is 0.139 e. The molecule has 182 valence electrons. The van der Waals surface area contributed by atoms with Crippen LogP contribution >= 0.6 is 0 Å². The highest BCUT2D eigenvalue weighted by Crippen LogP contribution is 2.30. The van der Waals surface area contributed by atoms with Gasteiger partial charge in [-0.25, -0.2) is 0 Å². The lowest BCUT2D eigenvalue weighted by molar-refractivity contribution is 0.241. The number of aryl methyl sites for hydroxylation is 1. The van der Waals surface area contributed by atoms with Gasteiger partial charge in [0, 0.05) is 37.9 Å². The van der Waals surface area contributed by atoms with Gasteiger partial charge in [-0.1, -0.05) is 36.4 Å². The first kappa shape index (κ1) is 24.6. The van der Waals surface area contributed by atoms with E-state index in [9.17, 15) is 5.26 Å². The van der Waals surface area contributed by atoms with Crippen LogP contribution in [-0.2, 0) is 6.42 Å². The van der Waals surface area contributed by atoms with Crippen LogP contribution in [0.25, 0.3) is 11.1 Å². The molecule has 1 aliphatic rings. The predicted molar refractivity (Wildman–Crippen MR) is 143 cm³/mol. The summed E-state index contributed by atoms with van der Waals surface area (Å²) in [7, 11) is 0. The molecule has 0 spiro atoms. The van der Waals surface area contributed by atoms with Crippen molar-refractivity contribution in [1.82, 2.24) is 9.88 Å². The summed E-state index contributed by atoms with van der Waals surface area (Å²) < 4.78 is 5.86. The Labute approximate surface area is 209 Å². The average molecular weight is 470 g/mol. The van der Waals surface area contributed by atoms with E-state index in [4.69, 9.17) is 10.5 Å². The van der Waals surface area contributed by atoms with Gasteiger partial charge in [0.25, 0.3) is 0 Å². The maximum atomic E-state index is 9.75. The highest BCUT2D eigenvalue weighted by atomic mass is 16.5. The van der Waals surface area contributed by atoms with Gasteiger partial charge in [-0.2, -0.15) is 5.26 Å². The molecule has 2 heterocycles. The Morgan fingerprint density at radius 3 is 2.49 bits per heavy atom. The lowest BCUT2D eigenvalue weighted by atomic mass is 10.0. The topological polar surface area (TPSA) is 78.4 Å². The minimum absolute atomic E-state index is 0.0422. The first-order valence-electron chi connectivity index (χ1n) is 12.5. The van der Waals surface area contributed by atoms with Crippen LogP contribution in [0.5, 0.6) is 5.75 Å². The molecule has 0 amide bonds. The summed E-state index contributed by atoms with van der Waals surface area (Å²) in [6, 6.07) is 20.5. The Bertz CT molecular complexity index is 1150. The van der Waals surface area contributed by atoms with E-state index in [2.05, 4.69) is 33.0 Å². The Morgan fingerprint density at radius 2 is 1.77 bits per heavy atom. The molecular weight excluding hydrogens is 434 g/mol. The minimum Gasteiger partial charge on any atom is -0.490 e. The molecular formula is C29H35N5O. The van der Waals surface area contributed by atoms with Gasteiger partial charge in [0.05, 0.1) is 23.2 Å².